The van der Waals surface area contributed by atoms with Gasteiger partial charge in [0, 0.05) is 7.11 Å². The number of benzene rings is 1. The predicted octanol–water partition coefficient (Wildman–Crippen LogP) is 1.49. The van der Waals surface area contributed by atoms with E-state index in [-0.39, 0.29) is 4.90 Å². The number of aryl methyl sites for hydroxylation is 1. The summed E-state index contributed by atoms with van der Waals surface area (Å²) in [7, 11) is -7.03. The second-order valence-electron chi connectivity index (χ2n) is 3.33. The minimum atomic E-state index is -4.03. The van der Waals surface area contributed by atoms with Crippen molar-refractivity contribution in [2.45, 2.75) is 11.8 Å². The van der Waals surface area contributed by atoms with Gasteiger partial charge in [0.2, 0.25) is 0 Å². The molecule has 1 N–H and O–H groups in total. The largest absolute Gasteiger partial charge is 0.354 e. The molecule has 0 heterocycles. The number of hydrogen-bond acceptors (Lipinski definition) is 5. The molecule has 0 bridgehead atoms. The Morgan fingerprint density at radius 1 is 1.29 bits per heavy atom. The maximum Gasteiger partial charge on any atom is 0.354 e. The van der Waals surface area contributed by atoms with E-state index in [2.05, 4.69) is 8.71 Å². The molecule has 0 aliphatic rings. The predicted molar refractivity (Wildman–Crippen MR) is 61.2 cm³/mol. The van der Waals surface area contributed by atoms with Crippen molar-refractivity contribution in [1.82, 2.24) is 0 Å². The minimum Gasteiger partial charge on any atom is -0.323 e. The molecule has 0 radical (unpaired) electrons. The Balaban J connectivity index is 2.83. The molecule has 8 heteroatoms. The molecule has 0 fully saturated rings. The Morgan fingerprint density at radius 2 is 1.82 bits per heavy atom. The lowest BCUT2D eigenvalue weighted by Crippen LogP contribution is -2.08. The van der Waals surface area contributed by atoms with Gasteiger partial charge < -0.3 is 9.42 Å². The van der Waals surface area contributed by atoms with Crippen LogP contribution in [0.2, 0.25) is 0 Å². The lowest BCUT2D eigenvalue weighted by molar-refractivity contribution is 0.270. The van der Waals surface area contributed by atoms with Crippen LogP contribution in [-0.4, -0.2) is 26.8 Å². The highest BCUT2D eigenvalue weighted by Gasteiger charge is 2.24. The second kappa shape index (κ2) is 5.29. The van der Waals surface area contributed by atoms with Gasteiger partial charge in [-0.25, -0.2) is 0 Å². The van der Waals surface area contributed by atoms with E-state index in [1.54, 1.807) is 12.1 Å². The maximum absolute atomic E-state index is 11.6. The molecular formula is C9H13O6PS. The smallest absolute Gasteiger partial charge is 0.323 e. The Labute approximate surface area is 99.8 Å². The van der Waals surface area contributed by atoms with Crippen LogP contribution in [0.25, 0.3) is 0 Å². The maximum atomic E-state index is 11.6. The number of hydrogen-bond donors (Lipinski definition) is 1. The third-order valence-electron chi connectivity index (χ3n) is 1.97. The molecule has 1 aromatic rings. The zero-order valence-corrected chi connectivity index (χ0v) is 11.1. The van der Waals surface area contributed by atoms with Crippen molar-refractivity contribution in [2.24, 2.45) is 0 Å². The van der Waals surface area contributed by atoms with Gasteiger partial charge >= 0.3 is 7.60 Å². The van der Waals surface area contributed by atoms with Crippen molar-refractivity contribution < 1.29 is 26.6 Å². The van der Waals surface area contributed by atoms with Gasteiger partial charge in [-0.3, -0.25) is 8.75 Å². The Bertz CT molecular complexity index is 521. The Hall–Kier alpha value is -0.720. The quantitative estimate of drug-likeness (QED) is 0.649. The number of rotatable bonds is 5. The molecule has 1 aromatic carbocycles. The summed E-state index contributed by atoms with van der Waals surface area (Å²) in [6.07, 6.45) is -0.903. The van der Waals surface area contributed by atoms with Crippen LogP contribution in [0.1, 0.15) is 5.56 Å². The summed E-state index contributed by atoms with van der Waals surface area (Å²) in [5.41, 5.74) is 0.897. The summed E-state index contributed by atoms with van der Waals surface area (Å²) >= 11 is 0. The van der Waals surface area contributed by atoms with Crippen LogP contribution in [0, 0.1) is 6.92 Å². The average Bonchev–Trinajstić information content (AvgIpc) is 2.27. The molecule has 6 nitrogen and oxygen atoms in total. The molecule has 1 atom stereocenters. The highest BCUT2D eigenvalue weighted by molar-refractivity contribution is 7.87. The summed E-state index contributed by atoms with van der Waals surface area (Å²) in [4.78, 5) is 8.95. The van der Waals surface area contributed by atoms with Gasteiger partial charge in [0.15, 0.2) is 6.35 Å². The first kappa shape index (κ1) is 14.3. The zero-order chi connectivity index (χ0) is 13.1. The molecule has 0 saturated heterocycles. The van der Waals surface area contributed by atoms with Crippen LogP contribution in [0.15, 0.2) is 29.2 Å². The fraction of sp³-hybridized carbons (Fsp3) is 0.333. The SMILES string of the molecule is COP(=O)(O)COS(=O)(=O)c1ccc(C)cc1. The summed E-state index contributed by atoms with van der Waals surface area (Å²) in [5, 5.41) is 0. The first-order chi connectivity index (χ1) is 7.77. The fourth-order valence-electron chi connectivity index (χ4n) is 0.962. The second-order valence-corrected chi connectivity index (χ2v) is 6.85. The van der Waals surface area contributed by atoms with E-state index in [1.165, 1.54) is 12.1 Å². The third kappa shape index (κ3) is 4.22. The highest BCUT2D eigenvalue weighted by atomic mass is 32.2. The Kier molecular flexibility index (Phi) is 4.46. The van der Waals surface area contributed by atoms with Gasteiger partial charge in [0.1, 0.15) is 0 Å². The standard InChI is InChI=1S/C9H13O6PS/c1-8-3-5-9(6-4-8)17(12,13)15-7-16(10,11)14-2/h3-6H,7H2,1-2H3,(H,10,11). The summed E-state index contributed by atoms with van der Waals surface area (Å²) in [6, 6.07) is 5.93. The summed E-state index contributed by atoms with van der Waals surface area (Å²) in [6.45, 7) is 1.81. The van der Waals surface area contributed by atoms with E-state index in [1.807, 2.05) is 6.92 Å². The topological polar surface area (TPSA) is 89.9 Å². The van der Waals surface area contributed by atoms with Crippen LogP contribution in [0.4, 0.5) is 0 Å². The molecule has 1 rings (SSSR count). The molecule has 0 aliphatic heterocycles. The molecule has 0 spiro atoms. The summed E-state index contributed by atoms with van der Waals surface area (Å²) in [5.74, 6) is 0. The molecule has 0 aromatic heterocycles. The Morgan fingerprint density at radius 3 is 2.29 bits per heavy atom. The third-order valence-corrected chi connectivity index (χ3v) is 4.44. The van der Waals surface area contributed by atoms with Crippen LogP contribution >= 0.6 is 7.60 Å². The monoisotopic (exact) mass is 280 g/mol. The van der Waals surface area contributed by atoms with Gasteiger partial charge in [-0.05, 0) is 19.1 Å². The minimum absolute atomic E-state index is 0.0702. The van der Waals surface area contributed by atoms with E-state index in [4.69, 9.17) is 4.89 Å². The van der Waals surface area contributed by atoms with Gasteiger partial charge in [-0.1, -0.05) is 17.7 Å². The fourth-order valence-corrected chi connectivity index (χ4v) is 2.76. The van der Waals surface area contributed by atoms with Crippen molar-refractivity contribution in [3.05, 3.63) is 29.8 Å². The molecule has 1 unspecified atom stereocenters. The average molecular weight is 280 g/mol. The van der Waals surface area contributed by atoms with Crippen LogP contribution in [0.3, 0.4) is 0 Å². The first-order valence-corrected chi connectivity index (χ1v) is 7.77. The molecule has 17 heavy (non-hydrogen) atoms. The normalized spacial score (nSPS) is 15.5. The van der Waals surface area contributed by atoms with Crippen LogP contribution in [0.5, 0.6) is 0 Å². The molecule has 96 valence electrons. The van der Waals surface area contributed by atoms with Gasteiger partial charge in [-0.2, -0.15) is 8.42 Å². The molecule has 0 aliphatic carbocycles. The van der Waals surface area contributed by atoms with E-state index in [0.29, 0.717) is 0 Å². The van der Waals surface area contributed by atoms with Crippen molar-refractivity contribution in [3.63, 3.8) is 0 Å². The lowest BCUT2D eigenvalue weighted by Gasteiger charge is -2.09. The van der Waals surface area contributed by atoms with Gasteiger partial charge in [-0.15, -0.1) is 0 Å². The van der Waals surface area contributed by atoms with Crippen molar-refractivity contribution in [2.75, 3.05) is 13.5 Å². The lowest BCUT2D eigenvalue weighted by atomic mass is 10.2. The highest BCUT2D eigenvalue weighted by Crippen LogP contribution is 2.41. The molecule has 0 amide bonds. The van der Waals surface area contributed by atoms with Crippen molar-refractivity contribution >= 4 is 17.7 Å². The van der Waals surface area contributed by atoms with Crippen LogP contribution in [-0.2, 0) is 23.4 Å². The molecular weight excluding hydrogens is 267 g/mol. The van der Waals surface area contributed by atoms with E-state index in [9.17, 15) is 13.0 Å². The van der Waals surface area contributed by atoms with Gasteiger partial charge in [0.25, 0.3) is 10.1 Å². The van der Waals surface area contributed by atoms with E-state index < -0.39 is 24.1 Å². The van der Waals surface area contributed by atoms with Crippen LogP contribution < -0.4 is 0 Å². The summed E-state index contributed by atoms with van der Waals surface area (Å²) < 4.78 is 42.9. The van der Waals surface area contributed by atoms with E-state index >= 15 is 0 Å². The zero-order valence-electron chi connectivity index (χ0n) is 9.36. The van der Waals surface area contributed by atoms with Gasteiger partial charge in [0.05, 0.1) is 4.90 Å². The van der Waals surface area contributed by atoms with E-state index in [0.717, 1.165) is 12.7 Å². The van der Waals surface area contributed by atoms with Crippen molar-refractivity contribution in [3.8, 4) is 0 Å². The first-order valence-electron chi connectivity index (χ1n) is 4.60. The van der Waals surface area contributed by atoms with Crippen molar-refractivity contribution in [1.29, 1.82) is 0 Å². The molecule has 0 saturated carbocycles.